The van der Waals surface area contributed by atoms with Crippen molar-refractivity contribution in [1.82, 2.24) is 4.90 Å². The van der Waals surface area contributed by atoms with Crippen molar-refractivity contribution in [3.63, 3.8) is 0 Å². The van der Waals surface area contributed by atoms with E-state index < -0.39 is 0 Å². The molecule has 0 aliphatic rings. The molecule has 5 heteroatoms. The summed E-state index contributed by atoms with van der Waals surface area (Å²) in [5.74, 6) is 0.417. The summed E-state index contributed by atoms with van der Waals surface area (Å²) in [5, 5.41) is 0.734. The largest absolute Gasteiger partial charge is 0.483 e. The zero-order valence-electron chi connectivity index (χ0n) is 16.0. The summed E-state index contributed by atoms with van der Waals surface area (Å²) in [4.78, 5) is 26.0. The quantitative estimate of drug-likeness (QED) is 0.650. The van der Waals surface area contributed by atoms with Crippen molar-refractivity contribution in [2.24, 2.45) is 0 Å². The van der Waals surface area contributed by atoms with Gasteiger partial charge in [-0.25, -0.2) is 4.79 Å². The van der Waals surface area contributed by atoms with E-state index in [1.165, 1.54) is 4.90 Å². The Morgan fingerprint density at radius 1 is 1.11 bits per heavy atom. The Morgan fingerprint density at radius 2 is 1.81 bits per heavy atom. The molecule has 3 aromatic rings. The van der Waals surface area contributed by atoms with Crippen LogP contribution in [0.1, 0.15) is 22.3 Å². The van der Waals surface area contributed by atoms with Gasteiger partial charge in [0.15, 0.2) is 6.61 Å². The molecule has 0 bridgehead atoms. The Hall–Kier alpha value is -3.08. The standard InChI is InChI=1S/C22H23NO4/c1-14-10-18(26-13-20(24)23(3)4)21-15(2)17(22(25)27-19(21)11-14)12-16-8-6-5-7-9-16/h5-11H,12-13H2,1-4H3. The van der Waals surface area contributed by atoms with E-state index in [2.05, 4.69) is 0 Å². The van der Waals surface area contributed by atoms with Gasteiger partial charge in [0.05, 0.1) is 5.39 Å². The van der Waals surface area contributed by atoms with Crippen LogP contribution in [-0.2, 0) is 11.2 Å². The first-order valence-corrected chi connectivity index (χ1v) is 8.80. The van der Waals surface area contributed by atoms with Crippen LogP contribution in [0.5, 0.6) is 5.75 Å². The van der Waals surface area contributed by atoms with Gasteiger partial charge in [-0.2, -0.15) is 0 Å². The van der Waals surface area contributed by atoms with Gasteiger partial charge in [0.2, 0.25) is 0 Å². The van der Waals surface area contributed by atoms with E-state index in [-0.39, 0.29) is 18.1 Å². The monoisotopic (exact) mass is 365 g/mol. The minimum absolute atomic E-state index is 0.0713. The number of benzene rings is 2. The number of hydrogen-bond acceptors (Lipinski definition) is 4. The summed E-state index contributed by atoms with van der Waals surface area (Å²) in [5.41, 5.74) is 3.47. The first kappa shape index (κ1) is 18.7. The number of carbonyl (C=O) groups excluding carboxylic acids is 1. The zero-order chi connectivity index (χ0) is 19.6. The molecule has 2 aromatic carbocycles. The van der Waals surface area contributed by atoms with Crippen LogP contribution in [0.15, 0.2) is 51.7 Å². The molecular weight excluding hydrogens is 342 g/mol. The summed E-state index contributed by atoms with van der Waals surface area (Å²) >= 11 is 0. The van der Waals surface area contributed by atoms with Crippen molar-refractivity contribution in [3.8, 4) is 5.75 Å². The van der Waals surface area contributed by atoms with Crippen molar-refractivity contribution in [1.29, 1.82) is 0 Å². The van der Waals surface area contributed by atoms with Gasteiger partial charge in [0.1, 0.15) is 11.3 Å². The SMILES string of the molecule is Cc1cc(OCC(=O)N(C)C)c2c(C)c(Cc3ccccc3)c(=O)oc2c1. The third-order valence-corrected chi connectivity index (χ3v) is 4.56. The van der Waals surface area contributed by atoms with Crippen LogP contribution < -0.4 is 10.4 Å². The maximum absolute atomic E-state index is 12.6. The van der Waals surface area contributed by atoms with Crippen molar-refractivity contribution in [2.75, 3.05) is 20.7 Å². The van der Waals surface area contributed by atoms with Gasteiger partial charge in [-0.15, -0.1) is 0 Å². The molecule has 0 unspecified atom stereocenters. The van der Waals surface area contributed by atoms with E-state index >= 15 is 0 Å². The molecule has 0 spiro atoms. The minimum atomic E-state index is -0.343. The second kappa shape index (κ2) is 7.66. The van der Waals surface area contributed by atoms with Crippen LogP contribution >= 0.6 is 0 Å². The van der Waals surface area contributed by atoms with Gasteiger partial charge in [-0.05, 0) is 42.7 Å². The number of nitrogens with zero attached hydrogens (tertiary/aromatic N) is 1. The number of carbonyl (C=O) groups is 1. The highest BCUT2D eigenvalue weighted by Gasteiger charge is 2.17. The highest BCUT2D eigenvalue weighted by Crippen LogP contribution is 2.31. The summed E-state index contributed by atoms with van der Waals surface area (Å²) < 4.78 is 11.4. The predicted molar refractivity (Wildman–Crippen MR) is 105 cm³/mol. The predicted octanol–water partition coefficient (Wildman–Crippen LogP) is 3.47. The van der Waals surface area contributed by atoms with Crippen molar-refractivity contribution >= 4 is 16.9 Å². The summed E-state index contributed by atoms with van der Waals surface area (Å²) in [7, 11) is 3.37. The lowest BCUT2D eigenvalue weighted by atomic mass is 9.98. The van der Waals surface area contributed by atoms with E-state index in [1.54, 1.807) is 14.1 Å². The molecule has 0 atom stereocenters. The zero-order valence-corrected chi connectivity index (χ0v) is 16.0. The molecule has 1 amide bonds. The van der Waals surface area contributed by atoms with Gasteiger partial charge in [0.25, 0.3) is 5.91 Å². The molecule has 0 saturated carbocycles. The van der Waals surface area contributed by atoms with Gasteiger partial charge in [-0.1, -0.05) is 30.3 Å². The molecular formula is C22H23NO4. The van der Waals surface area contributed by atoms with Crippen LogP contribution in [-0.4, -0.2) is 31.5 Å². The highest BCUT2D eigenvalue weighted by molar-refractivity contribution is 5.89. The molecule has 0 fully saturated rings. The number of rotatable bonds is 5. The van der Waals surface area contributed by atoms with Gasteiger partial charge < -0.3 is 14.1 Å². The van der Waals surface area contributed by atoms with Crippen LogP contribution in [0.25, 0.3) is 11.0 Å². The van der Waals surface area contributed by atoms with Crippen molar-refractivity contribution in [2.45, 2.75) is 20.3 Å². The molecule has 27 heavy (non-hydrogen) atoms. The lowest BCUT2D eigenvalue weighted by Crippen LogP contribution is -2.27. The van der Waals surface area contributed by atoms with Crippen molar-refractivity contribution < 1.29 is 13.9 Å². The normalized spacial score (nSPS) is 10.8. The fraction of sp³-hybridized carbons (Fsp3) is 0.273. The number of likely N-dealkylation sites (N-methyl/N-ethyl adjacent to an activating group) is 1. The molecule has 140 valence electrons. The maximum atomic E-state index is 12.6. The van der Waals surface area contributed by atoms with Gasteiger partial charge in [-0.3, -0.25) is 4.79 Å². The lowest BCUT2D eigenvalue weighted by Gasteiger charge is -2.15. The van der Waals surface area contributed by atoms with E-state index in [1.807, 2.05) is 56.3 Å². The van der Waals surface area contributed by atoms with Crippen LogP contribution in [0, 0.1) is 13.8 Å². The summed E-state index contributed by atoms with van der Waals surface area (Å²) in [6.45, 7) is 3.72. The average molecular weight is 365 g/mol. The lowest BCUT2D eigenvalue weighted by molar-refractivity contribution is -0.130. The van der Waals surface area contributed by atoms with E-state index in [4.69, 9.17) is 9.15 Å². The fourth-order valence-electron chi connectivity index (χ4n) is 3.02. The number of aryl methyl sites for hydroxylation is 2. The molecule has 0 radical (unpaired) electrons. The first-order chi connectivity index (χ1) is 12.9. The maximum Gasteiger partial charge on any atom is 0.340 e. The molecule has 0 aliphatic carbocycles. The number of hydrogen-bond donors (Lipinski definition) is 0. The molecule has 1 aromatic heterocycles. The van der Waals surface area contributed by atoms with Crippen LogP contribution in [0.2, 0.25) is 0 Å². The Kier molecular flexibility index (Phi) is 5.31. The Labute approximate surface area is 158 Å². The average Bonchev–Trinajstić information content (AvgIpc) is 2.63. The first-order valence-electron chi connectivity index (χ1n) is 8.80. The van der Waals surface area contributed by atoms with Crippen LogP contribution in [0.4, 0.5) is 0 Å². The topological polar surface area (TPSA) is 59.8 Å². The molecule has 3 rings (SSSR count). The van der Waals surface area contributed by atoms with E-state index in [9.17, 15) is 9.59 Å². The van der Waals surface area contributed by atoms with E-state index in [0.29, 0.717) is 23.3 Å². The van der Waals surface area contributed by atoms with E-state index in [0.717, 1.165) is 22.1 Å². The minimum Gasteiger partial charge on any atom is -0.483 e. The smallest absolute Gasteiger partial charge is 0.340 e. The Bertz CT molecular complexity index is 1040. The van der Waals surface area contributed by atoms with Crippen molar-refractivity contribution in [3.05, 3.63) is 75.1 Å². The number of amides is 1. The second-order valence-electron chi connectivity index (χ2n) is 6.87. The molecule has 0 N–H and O–H groups in total. The molecule has 5 nitrogen and oxygen atoms in total. The van der Waals surface area contributed by atoms with Gasteiger partial charge in [0, 0.05) is 26.1 Å². The summed E-state index contributed by atoms with van der Waals surface area (Å²) in [6, 6.07) is 13.5. The Balaban J connectivity index is 2.09. The summed E-state index contributed by atoms with van der Waals surface area (Å²) in [6.07, 6.45) is 0.481. The highest BCUT2D eigenvalue weighted by atomic mass is 16.5. The van der Waals surface area contributed by atoms with Gasteiger partial charge >= 0.3 is 5.63 Å². The third kappa shape index (κ3) is 4.03. The second-order valence-corrected chi connectivity index (χ2v) is 6.87. The van der Waals surface area contributed by atoms with Crippen LogP contribution in [0.3, 0.4) is 0 Å². The third-order valence-electron chi connectivity index (χ3n) is 4.56. The molecule has 0 saturated heterocycles. The molecule has 1 heterocycles. The number of fused-ring (bicyclic) bond motifs is 1. The molecule has 0 aliphatic heterocycles. The Morgan fingerprint density at radius 3 is 2.48 bits per heavy atom. The fourth-order valence-corrected chi connectivity index (χ4v) is 3.02. The number of ether oxygens (including phenoxy) is 1.